The molecular weight excluding hydrogens is 410 g/mol. The topological polar surface area (TPSA) is 134 Å². The van der Waals surface area contributed by atoms with E-state index in [9.17, 15) is 14.7 Å². The van der Waals surface area contributed by atoms with Crippen molar-refractivity contribution in [3.8, 4) is 0 Å². The fourth-order valence-corrected chi connectivity index (χ4v) is 4.26. The van der Waals surface area contributed by atoms with E-state index in [0.29, 0.717) is 41.1 Å². The summed E-state index contributed by atoms with van der Waals surface area (Å²) in [5.74, 6) is 0.175. The lowest BCUT2D eigenvalue weighted by molar-refractivity contribution is -0.124. The summed E-state index contributed by atoms with van der Waals surface area (Å²) in [7, 11) is 0. The van der Waals surface area contributed by atoms with Gasteiger partial charge in [-0.15, -0.1) is 0 Å². The van der Waals surface area contributed by atoms with Crippen molar-refractivity contribution in [2.24, 2.45) is 0 Å². The van der Waals surface area contributed by atoms with E-state index < -0.39 is 12.0 Å². The molecule has 4 N–H and O–H groups in total. The first kappa shape index (κ1) is 18.9. The van der Waals surface area contributed by atoms with Crippen LogP contribution in [0.15, 0.2) is 36.0 Å². The zero-order valence-corrected chi connectivity index (χ0v) is 17.1. The number of nitrogens with zero attached hydrogens (tertiary/aromatic N) is 4. The van der Waals surface area contributed by atoms with Gasteiger partial charge >= 0.3 is 0 Å². The highest BCUT2D eigenvalue weighted by Gasteiger charge is 2.32. The van der Waals surface area contributed by atoms with E-state index in [1.54, 1.807) is 16.8 Å². The van der Waals surface area contributed by atoms with Gasteiger partial charge in [-0.2, -0.15) is 19.6 Å². The molecule has 0 spiro atoms. The summed E-state index contributed by atoms with van der Waals surface area (Å²) in [4.78, 5) is 32.8. The summed E-state index contributed by atoms with van der Waals surface area (Å²) in [5, 5.41) is 24.0. The van der Waals surface area contributed by atoms with Crippen LogP contribution in [-0.4, -0.2) is 48.6 Å². The Morgan fingerprint density at radius 2 is 2.00 bits per heavy atom. The SMILES string of the molecule is O=C1C/C(=C\c2cnn3c(NC4CC4)nc(N[C@H]4c5ccccc5C[C@@H]4O)nc23)C(=O)N1. The standard InChI is InChI=1S/C22H21N7O3/c30-16-8-11-3-1-2-4-15(11)18(16)26-21-27-19-13(7-12-9-17(31)25-20(12)32)10-23-29(19)22(28-21)24-14-5-6-14/h1-4,7,10,14,16,18,30H,5-6,8-9H2,(H,25,31,32)(H2,24,26,27,28)/b12-7+/t16-,18-/m0/s1. The minimum Gasteiger partial charge on any atom is -0.390 e. The number of hydrogen-bond donors (Lipinski definition) is 4. The Bertz CT molecular complexity index is 1290. The predicted octanol–water partition coefficient (Wildman–Crippen LogP) is 1.20. The Balaban J connectivity index is 1.41. The number of benzene rings is 1. The van der Waals surface area contributed by atoms with Gasteiger partial charge in [0.25, 0.3) is 5.91 Å². The summed E-state index contributed by atoms with van der Waals surface area (Å²) in [5.41, 5.74) is 3.61. The molecule has 1 saturated heterocycles. The van der Waals surface area contributed by atoms with Gasteiger partial charge in [0.05, 0.1) is 24.8 Å². The summed E-state index contributed by atoms with van der Waals surface area (Å²) in [6, 6.07) is 7.93. The van der Waals surface area contributed by atoms with Gasteiger partial charge in [0.15, 0.2) is 5.65 Å². The smallest absolute Gasteiger partial charge is 0.254 e. The van der Waals surface area contributed by atoms with Crippen molar-refractivity contribution in [1.29, 1.82) is 0 Å². The number of anilines is 2. The van der Waals surface area contributed by atoms with Crippen LogP contribution in [-0.2, 0) is 16.0 Å². The number of aliphatic hydroxyl groups is 1. The van der Waals surface area contributed by atoms with Crippen molar-refractivity contribution in [3.63, 3.8) is 0 Å². The van der Waals surface area contributed by atoms with Crippen LogP contribution in [0.3, 0.4) is 0 Å². The minimum absolute atomic E-state index is 0.0323. The number of rotatable bonds is 5. The van der Waals surface area contributed by atoms with Crippen LogP contribution in [0.25, 0.3) is 11.7 Å². The summed E-state index contributed by atoms with van der Waals surface area (Å²) >= 11 is 0. The van der Waals surface area contributed by atoms with Crippen molar-refractivity contribution in [3.05, 3.63) is 52.7 Å². The highest BCUT2D eigenvalue weighted by molar-refractivity contribution is 6.15. The van der Waals surface area contributed by atoms with Gasteiger partial charge in [-0.3, -0.25) is 14.9 Å². The molecule has 1 aliphatic heterocycles. The quantitative estimate of drug-likeness (QED) is 0.350. The number of hydrogen-bond acceptors (Lipinski definition) is 8. The molecule has 3 heterocycles. The molecule has 0 unspecified atom stereocenters. The van der Waals surface area contributed by atoms with Gasteiger partial charge in [-0.05, 0) is 30.0 Å². The minimum atomic E-state index is -0.591. The number of carbonyl (C=O) groups excluding carboxylic acids is 2. The molecule has 6 rings (SSSR count). The third kappa shape index (κ3) is 3.28. The normalized spacial score (nSPS) is 23.6. The van der Waals surface area contributed by atoms with Gasteiger partial charge in [-0.25, -0.2) is 0 Å². The molecule has 2 aromatic heterocycles. The lowest BCUT2D eigenvalue weighted by atomic mass is 10.1. The zero-order valence-electron chi connectivity index (χ0n) is 17.1. The molecule has 10 heteroatoms. The largest absolute Gasteiger partial charge is 0.390 e. The molecule has 2 atom stereocenters. The number of carbonyl (C=O) groups is 2. The Kier molecular flexibility index (Phi) is 4.22. The molecule has 2 aliphatic carbocycles. The molecule has 0 radical (unpaired) electrons. The van der Waals surface area contributed by atoms with Crippen molar-refractivity contribution in [2.75, 3.05) is 10.6 Å². The van der Waals surface area contributed by atoms with Crippen molar-refractivity contribution in [1.82, 2.24) is 24.9 Å². The molecule has 1 saturated carbocycles. The van der Waals surface area contributed by atoms with E-state index >= 15 is 0 Å². The van der Waals surface area contributed by atoms with Crippen LogP contribution in [0, 0.1) is 0 Å². The number of aromatic nitrogens is 4. The van der Waals surface area contributed by atoms with Gasteiger partial charge in [0.2, 0.25) is 17.8 Å². The second kappa shape index (κ2) is 7.13. The highest BCUT2D eigenvalue weighted by Crippen LogP contribution is 2.34. The third-order valence-electron chi connectivity index (χ3n) is 6.02. The van der Waals surface area contributed by atoms with E-state index in [0.717, 1.165) is 24.0 Å². The maximum Gasteiger partial charge on any atom is 0.254 e. The fourth-order valence-electron chi connectivity index (χ4n) is 4.26. The lowest BCUT2D eigenvalue weighted by Crippen LogP contribution is -2.23. The molecule has 32 heavy (non-hydrogen) atoms. The maximum atomic E-state index is 12.0. The van der Waals surface area contributed by atoms with Crippen molar-refractivity contribution < 1.29 is 14.7 Å². The van der Waals surface area contributed by atoms with Gasteiger partial charge in [0.1, 0.15) is 0 Å². The van der Waals surface area contributed by atoms with Crippen LogP contribution in [0.5, 0.6) is 0 Å². The molecule has 3 aromatic rings. The third-order valence-corrected chi connectivity index (χ3v) is 6.02. The maximum absolute atomic E-state index is 12.0. The summed E-state index contributed by atoms with van der Waals surface area (Å²) < 4.78 is 1.60. The van der Waals surface area contributed by atoms with E-state index in [1.165, 1.54) is 0 Å². The van der Waals surface area contributed by atoms with Crippen LogP contribution in [0.2, 0.25) is 0 Å². The fraction of sp³-hybridized carbons (Fsp3) is 0.318. The monoisotopic (exact) mass is 431 g/mol. The number of nitrogens with one attached hydrogen (secondary N) is 3. The highest BCUT2D eigenvalue weighted by atomic mass is 16.3. The van der Waals surface area contributed by atoms with E-state index in [-0.39, 0.29) is 18.4 Å². The van der Waals surface area contributed by atoms with E-state index in [1.807, 2.05) is 24.3 Å². The Morgan fingerprint density at radius 3 is 2.78 bits per heavy atom. The van der Waals surface area contributed by atoms with Gasteiger partial charge < -0.3 is 15.7 Å². The molecule has 2 amide bonds. The van der Waals surface area contributed by atoms with Crippen molar-refractivity contribution >= 4 is 35.4 Å². The zero-order chi connectivity index (χ0) is 21.8. The van der Waals surface area contributed by atoms with Crippen molar-refractivity contribution in [2.45, 2.75) is 43.9 Å². The number of aliphatic hydroxyl groups excluding tert-OH is 1. The Labute approximate surface area is 182 Å². The van der Waals surface area contributed by atoms with Crippen LogP contribution in [0.4, 0.5) is 11.9 Å². The average molecular weight is 431 g/mol. The first-order chi connectivity index (χ1) is 15.5. The lowest BCUT2D eigenvalue weighted by Gasteiger charge is -2.18. The van der Waals surface area contributed by atoms with Gasteiger partial charge in [0, 0.05) is 23.6 Å². The molecule has 3 aliphatic rings. The van der Waals surface area contributed by atoms with Crippen LogP contribution < -0.4 is 16.0 Å². The Hall–Kier alpha value is -3.79. The summed E-state index contributed by atoms with van der Waals surface area (Å²) in [6.45, 7) is 0. The first-order valence-electron chi connectivity index (χ1n) is 10.6. The molecule has 1 aromatic carbocycles. The molecular formula is C22H21N7O3. The number of imide groups is 1. The first-order valence-corrected chi connectivity index (χ1v) is 10.6. The van der Waals surface area contributed by atoms with Crippen LogP contribution >= 0.6 is 0 Å². The molecule has 0 bridgehead atoms. The van der Waals surface area contributed by atoms with E-state index in [2.05, 4.69) is 31.0 Å². The second-order valence-corrected chi connectivity index (χ2v) is 8.44. The molecule has 162 valence electrons. The molecule has 10 nitrogen and oxygen atoms in total. The number of amides is 2. The van der Waals surface area contributed by atoms with E-state index in [4.69, 9.17) is 0 Å². The number of fused-ring (bicyclic) bond motifs is 2. The average Bonchev–Trinajstić information content (AvgIpc) is 3.29. The summed E-state index contributed by atoms with van der Waals surface area (Å²) in [6.07, 6.45) is 5.37. The Morgan fingerprint density at radius 1 is 1.16 bits per heavy atom. The predicted molar refractivity (Wildman–Crippen MR) is 116 cm³/mol. The second-order valence-electron chi connectivity index (χ2n) is 8.44. The van der Waals surface area contributed by atoms with Crippen LogP contribution in [0.1, 0.15) is 42.0 Å². The van der Waals surface area contributed by atoms with Gasteiger partial charge in [-0.1, -0.05) is 24.3 Å². The molecule has 2 fully saturated rings.